The quantitative estimate of drug-likeness (QED) is 0.400. The Hall–Kier alpha value is -2.80. The average Bonchev–Trinajstić information content (AvgIpc) is 3.26. The number of thioether (sulfide) groups is 1. The van der Waals surface area contributed by atoms with Gasteiger partial charge in [0, 0.05) is 12.8 Å². The molecule has 7 heteroatoms. The minimum absolute atomic E-state index is 0.178. The lowest BCUT2D eigenvalue weighted by Crippen LogP contribution is -2.19. The van der Waals surface area contributed by atoms with Gasteiger partial charge in [0.25, 0.3) is 5.91 Å². The van der Waals surface area contributed by atoms with Crippen molar-refractivity contribution in [1.29, 1.82) is 0 Å². The molecule has 0 unspecified atom stereocenters. The summed E-state index contributed by atoms with van der Waals surface area (Å²) in [4.78, 5) is 16.5. The number of carbonyl (C=O) groups excluding carboxylic acids is 1. The number of nitrogens with one attached hydrogen (secondary N) is 1. The maximum absolute atomic E-state index is 11.9. The van der Waals surface area contributed by atoms with Gasteiger partial charge in [0.05, 0.1) is 23.0 Å². The second kappa shape index (κ2) is 8.34. The van der Waals surface area contributed by atoms with Crippen molar-refractivity contribution >= 4 is 41.0 Å². The summed E-state index contributed by atoms with van der Waals surface area (Å²) in [6.07, 6.45) is 6.56. The Kier molecular flexibility index (Phi) is 5.69. The number of carbonyl (C=O) groups is 1. The molecule has 1 aromatic carbocycles. The van der Waals surface area contributed by atoms with E-state index in [4.69, 9.17) is 4.42 Å². The number of nitrogens with zero attached hydrogens (tertiary/aromatic N) is 3. The van der Waals surface area contributed by atoms with Crippen molar-refractivity contribution < 1.29 is 9.21 Å². The van der Waals surface area contributed by atoms with Crippen LogP contribution in [0, 0.1) is 0 Å². The van der Waals surface area contributed by atoms with Crippen LogP contribution in [0.15, 0.2) is 63.4 Å². The van der Waals surface area contributed by atoms with E-state index in [1.54, 1.807) is 24.5 Å². The van der Waals surface area contributed by atoms with E-state index in [1.807, 2.05) is 30.3 Å². The van der Waals surface area contributed by atoms with Gasteiger partial charge in [0.15, 0.2) is 5.16 Å². The number of imidazole rings is 1. The van der Waals surface area contributed by atoms with Crippen LogP contribution in [0.4, 0.5) is 0 Å². The molecule has 0 bridgehead atoms. The number of aromatic nitrogens is 2. The monoisotopic (exact) mass is 354 g/mol. The third kappa shape index (κ3) is 4.39. The van der Waals surface area contributed by atoms with E-state index in [-0.39, 0.29) is 11.7 Å². The van der Waals surface area contributed by atoms with E-state index in [0.29, 0.717) is 0 Å². The Morgan fingerprint density at radius 2 is 2.24 bits per heavy atom. The molecular weight excluding hydrogens is 336 g/mol. The minimum atomic E-state index is -0.178. The largest absolute Gasteiger partial charge is 0.465 e. The van der Waals surface area contributed by atoms with E-state index in [9.17, 15) is 4.79 Å². The van der Waals surface area contributed by atoms with Gasteiger partial charge >= 0.3 is 0 Å². The average molecular weight is 354 g/mol. The molecule has 0 saturated carbocycles. The molecule has 128 valence electrons. The van der Waals surface area contributed by atoms with Crippen molar-refractivity contribution in [3.05, 3.63) is 54.5 Å². The molecule has 0 radical (unpaired) electrons. The van der Waals surface area contributed by atoms with Gasteiger partial charge < -0.3 is 8.98 Å². The Balaban J connectivity index is 1.52. The van der Waals surface area contributed by atoms with Crippen molar-refractivity contribution in [3.8, 4) is 0 Å². The van der Waals surface area contributed by atoms with Gasteiger partial charge in [0.2, 0.25) is 0 Å². The molecule has 0 aliphatic carbocycles. The first-order valence-corrected chi connectivity index (χ1v) is 8.86. The summed E-state index contributed by atoms with van der Waals surface area (Å²) in [5.74, 6) is 0.803. The van der Waals surface area contributed by atoms with Crippen LogP contribution < -0.4 is 5.43 Å². The molecule has 0 aliphatic rings. The van der Waals surface area contributed by atoms with Crippen LogP contribution in [-0.4, -0.2) is 27.4 Å². The van der Waals surface area contributed by atoms with Crippen LogP contribution in [0.3, 0.4) is 0 Å². The number of hydrazone groups is 1. The Morgan fingerprint density at radius 1 is 1.36 bits per heavy atom. The molecule has 6 nitrogen and oxygen atoms in total. The number of rotatable bonds is 7. The zero-order chi connectivity index (χ0) is 17.5. The minimum Gasteiger partial charge on any atom is -0.465 e. The van der Waals surface area contributed by atoms with Gasteiger partial charge in [-0.15, -0.1) is 0 Å². The molecular formula is C18H18N4O2S. The van der Waals surface area contributed by atoms with Crippen molar-refractivity contribution in [2.75, 3.05) is 5.75 Å². The Bertz CT molecular complexity index is 897. The first-order chi connectivity index (χ1) is 12.3. The molecule has 0 atom stereocenters. The Labute approximate surface area is 149 Å². The summed E-state index contributed by atoms with van der Waals surface area (Å²) in [5.41, 5.74) is 4.51. The smallest absolute Gasteiger partial charge is 0.250 e. The number of hydrogen-bond donors (Lipinski definition) is 1. The molecule has 3 aromatic rings. The van der Waals surface area contributed by atoms with Gasteiger partial charge in [0.1, 0.15) is 5.76 Å². The molecule has 1 N–H and O–H groups in total. The highest BCUT2D eigenvalue weighted by Gasteiger charge is 2.11. The lowest BCUT2D eigenvalue weighted by Gasteiger charge is -2.04. The fraction of sp³-hybridized carbons (Fsp3) is 0.167. The third-order valence-corrected chi connectivity index (χ3v) is 4.40. The van der Waals surface area contributed by atoms with Gasteiger partial charge in [-0.05, 0) is 43.3 Å². The maximum atomic E-state index is 11.9. The van der Waals surface area contributed by atoms with E-state index in [1.165, 1.54) is 18.0 Å². The second-order valence-corrected chi connectivity index (χ2v) is 6.05. The molecule has 0 spiro atoms. The summed E-state index contributed by atoms with van der Waals surface area (Å²) < 4.78 is 7.25. The number of para-hydroxylation sites is 2. The first-order valence-electron chi connectivity index (χ1n) is 7.88. The summed E-state index contributed by atoms with van der Waals surface area (Å²) in [5, 5.41) is 4.71. The number of benzene rings is 1. The first kappa shape index (κ1) is 17.0. The van der Waals surface area contributed by atoms with Gasteiger partial charge in [-0.2, -0.15) is 5.10 Å². The van der Waals surface area contributed by atoms with Crippen LogP contribution in [0.1, 0.15) is 12.7 Å². The molecule has 0 aliphatic heterocycles. The van der Waals surface area contributed by atoms with E-state index < -0.39 is 0 Å². The number of aryl methyl sites for hydroxylation is 1. The van der Waals surface area contributed by atoms with Gasteiger partial charge in [-0.25, -0.2) is 10.4 Å². The molecule has 1 amide bonds. The number of hydrogen-bond acceptors (Lipinski definition) is 5. The fourth-order valence-corrected chi connectivity index (χ4v) is 3.18. The molecule has 25 heavy (non-hydrogen) atoms. The molecule has 2 aromatic heterocycles. The van der Waals surface area contributed by atoms with E-state index >= 15 is 0 Å². The van der Waals surface area contributed by atoms with Crippen LogP contribution >= 0.6 is 11.8 Å². The highest BCUT2D eigenvalue weighted by molar-refractivity contribution is 7.99. The van der Waals surface area contributed by atoms with E-state index in [2.05, 4.69) is 27.0 Å². The van der Waals surface area contributed by atoms with Crippen LogP contribution in [0.2, 0.25) is 0 Å². The van der Waals surface area contributed by atoms with Crippen LogP contribution in [0.5, 0.6) is 0 Å². The predicted molar refractivity (Wildman–Crippen MR) is 101 cm³/mol. The third-order valence-electron chi connectivity index (χ3n) is 3.42. The normalized spacial score (nSPS) is 11.7. The molecule has 0 saturated heterocycles. The molecule has 0 fully saturated rings. The summed E-state index contributed by atoms with van der Waals surface area (Å²) in [6.45, 7) is 2.87. The number of allylic oxidation sites excluding steroid dienone is 1. The highest BCUT2D eigenvalue weighted by Crippen LogP contribution is 2.23. The second-order valence-electron chi connectivity index (χ2n) is 5.10. The Morgan fingerprint density at radius 3 is 3.04 bits per heavy atom. The number of furan rings is 1. The number of amides is 1. The predicted octanol–water partition coefficient (Wildman–Crippen LogP) is 3.56. The summed E-state index contributed by atoms with van der Waals surface area (Å²) in [7, 11) is 0. The van der Waals surface area contributed by atoms with Crippen molar-refractivity contribution in [3.63, 3.8) is 0 Å². The van der Waals surface area contributed by atoms with Crippen molar-refractivity contribution in [1.82, 2.24) is 15.0 Å². The maximum Gasteiger partial charge on any atom is 0.250 e. The SMILES string of the molecule is CCn1c(SCC(=O)N/N=C\C=C/c2ccco2)nc2ccccc21. The summed E-state index contributed by atoms with van der Waals surface area (Å²) in [6, 6.07) is 11.6. The fourth-order valence-electron chi connectivity index (χ4n) is 2.31. The zero-order valence-electron chi connectivity index (χ0n) is 13.8. The number of fused-ring (bicyclic) bond motifs is 1. The topological polar surface area (TPSA) is 72.4 Å². The summed E-state index contributed by atoms with van der Waals surface area (Å²) >= 11 is 1.40. The lowest BCUT2D eigenvalue weighted by atomic mass is 10.3. The molecule has 3 rings (SSSR count). The van der Waals surface area contributed by atoms with Crippen molar-refractivity contribution in [2.24, 2.45) is 5.10 Å². The molecule has 2 heterocycles. The van der Waals surface area contributed by atoms with Crippen LogP contribution in [0.25, 0.3) is 17.1 Å². The standard InChI is InChI=1S/C18H18N4O2S/c1-2-22-16-10-4-3-9-15(16)20-18(22)25-13-17(23)21-19-11-5-7-14-8-6-12-24-14/h3-12H,2,13H2,1H3,(H,21,23)/b7-5-,19-11-. The van der Waals surface area contributed by atoms with Crippen LogP contribution in [-0.2, 0) is 11.3 Å². The van der Waals surface area contributed by atoms with E-state index in [0.717, 1.165) is 28.5 Å². The van der Waals surface area contributed by atoms with Crippen molar-refractivity contribution in [2.45, 2.75) is 18.6 Å². The zero-order valence-corrected chi connectivity index (χ0v) is 14.6. The lowest BCUT2D eigenvalue weighted by molar-refractivity contribution is -0.118. The van der Waals surface area contributed by atoms with Gasteiger partial charge in [-0.3, -0.25) is 4.79 Å². The van der Waals surface area contributed by atoms with Gasteiger partial charge in [-0.1, -0.05) is 23.9 Å². The highest BCUT2D eigenvalue weighted by atomic mass is 32.2.